The number of carbonyl (C=O) groups excluding carboxylic acids is 2. The molecule has 4 N–H and O–H groups in total. The van der Waals surface area contributed by atoms with E-state index in [9.17, 15) is 32.7 Å². The van der Waals surface area contributed by atoms with Gasteiger partial charge in [0, 0.05) is 13.1 Å². The van der Waals surface area contributed by atoms with Gasteiger partial charge in [-0.15, -0.1) is 0 Å². The fourth-order valence-electron chi connectivity index (χ4n) is 7.84. The van der Waals surface area contributed by atoms with Crippen LogP contribution >= 0.6 is 0 Å². The third kappa shape index (κ3) is 6.49. The molecule has 0 radical (unpaired) electrons. The van der Waals surface area contributed by atoms with Crippen LogP contribution in [0.1, 0.15) is 73.9 Å². The Kier molecular flexibility index (Phi) is 8.98. The first-order valence-corrected chi connectivity index (χ1v) is 18.1. The molecule has 3 aromatic carbocycles. The number of hydrogen-bond acceptors (Lipinski definition) is 5. The Balaban J connectivity index is 0.932. The van der Waals surface area contributed by atoms with Crippen LogP contribution in [-0.4, -0.2) is 72.0 Å². The molecule has 5 aromatic rings. The first-order chi connectivity index (χ1) is 26.0. The number of amides is 3. The number of aromatic amines is 2. The molecule has 11 nitrogen and oxygen atoms in total. The van der Waals surface area contributed by atoms with E-state index < -0.39 is 35.7 Å². The molecule has 3 atom stereocenters. The lowest BCUT2D eigenvalue weighted by Crippen LogP contribution is -2.44. The fourth-order valence-corrected chi connectivity index (χ4v) is 7.84. The Bertz CT molecular complexity index is 2160. The number of benzene rings is 3. The molecule has 278 valence electrons. The van der Waals surface area contributed by atoms with Crippen molar-refractivity contribution in [1.82, 2.24) is 35.1 Å². The summed E-state index contributed by atoms with van der Waals surface area (Å²) in [6.45, 7) is 0.779. The highest BCUT2D eigenvalue weighted by Gasteiger charge is 2.70. The molecule has 1 saturated carbocycles. The van der Waals surface area contributed by atoms with Gasteiger partial charge in [-0.25, -0.2) is 14.8 Å². The number of nitrogens with zero attached hydrogens (tertiary/aromatic N) is 4. The highest BCUT2D eigenvalue weighted by molar-refractivity contribution is 5.88. The van der Waals surface area contributed by atoms with Crippen molar-refractivity contribution in [3.63, 3.8) is 0 Å². The fraction of sp³-hybridized carbons (Fsp3) is 0.325. The molecule has 0 unspecified atom stereocenters. The van der Waals surface area contributed by atoms with Crippen molar-refractivity contribution in [2.24, 2.45) is 5.41 Å². The van der Waals surface area contributed by atoms with Gasteiger partial charge in [-0.3, -0.25) is 9.59 Å². The summed E-state index contributed by atoms with van der Waals surface area (Å²) in [5.74, 6) is -0.0273. The summed E-state index contributed by atoms with van der Waals surface area (Å²) in [5, 5.41) is 11.8. The van der Waals surface area contributed by atoms with Crippen molar-refractivity contribution in [2.45, 2.75) is 62.8 Å². The summed E-state index contributed by atoms with van der Waals surface area (Å²) >= 11 is 0. The lowest BCUT2D eigenvalue weighted by Gasteiger charge is -2.29. The Hall–Kier alpha value is -5.92. The number of likely N-dealkylation sites (tertiary alicyclic amines) is 2. The molecule has 1 aliphatic carbocycles. The topological polar surface area (TPSA) is 147 Å². The zero-order valence-corrected chi connectivity index (χ0v) is 29.1. The first kappa shape index (κ1) is 35.1. The van der Waals surface area contributed by atoms with Gasteiger partial charge in [0.15, 0.2) is 0 Å². The third-order valence-corrected chi connectivity index (χ3v) is 10.9. The number of alkyl halides is 3. The zero-order valence-electron chi connectivity index (χ0n) is 29.1. The normalized spacial score (nSPS) is 19.8. The van der Waals surface area contributed by atoms with E-state index in [1.807, 2.05) is 54.6 Å². The molecular formula is C40H38F3N7O4. The van der Waals surface area contributed by atoms with Crippen LogP contribution in [0.2, 0.25) is 0 Å². The summed E-state index contributed by atoms with van der Waals surface area (Å²) < 4.78 is 41.1. The van der Waals surface area contributed by atoms with Gasteiger partial charge < -0.3 is 30.2 Å². The summed E-state index contributed by atoms with van der Waals surface area (Å²) in [4.78, 5) is 57.1. The molecule has 3 fully saturated rings. The predicted molar refractivity (Wildman–Crippen MR) is 192 cm³/mol. The van der Waals surface area contributed by atoms with Crippen LogP contribution < -0.4 is 5.32 Å². The summed E-state index contributed by atoms with van der Waals surface area (Å²) in [6.07, 6.45) is -0.0895. The monoisotopic (exact) mass is 737 g/mol. The van der Waals surface area contributed by atoms with Crippen LogP contribution in [0.4, 0.5) is 18.0 Å². The number of carbonyl (C=O) groups is 3. The van der Waals surface area contributed by atoms with Crippen molar-refractivity contribution < 1.29 is 32.7 Å². The Labute approximate surface area is 308 Å². The van der Waals surface area contributed by atoms with Gasteiger partial charge in [0.05, 0.1) is 35.9 Å². The second-order valence-electron chi connectivity index (χ2n) is 14.2. The number of hydrogen-bond donors (Lipinski definition) is 4. The summed E-state index contributed by atoms with van der Waals surface area (Å²) in [6, 6.07) is 22.8. The minimum absolute atomic E-state index is 0.156. The van der Waals surface area contributed by atoms with Gasteiger partial charge in [-0.2, -0.15) is 13.2 Å². The maximum atomic E-state index is 13.7. The van der Waals surface area contributed by atoms with Gasteiger partial charge in [0.25, 0.3) is 5.91 Å². The average Bonchev–Trinajstić information content (AvgIpc) is 3.67. The summed E-state index contributed by atoms with van der Waals surface area (Å²) in [7, 11) is 0. The van der Waals surface area contributed by atoms with Crippen LogP contribution in [-0.2, 0) is 9.59 Å². The van der Waals surface area contributed by atoms with Crippen molar-refractivity contribution in [3.8, 4) is 33.6 Å². The minimum atomic E-state index is -4.55. The first-order valence-electron chi connectivity index (χ1n) is 18.1. The smallest absolute Gasteiger partial charge is 0.405 e. The number of halogens is 3. The van der Waals surface area contributed by atoms with E-state index in [1.165, 1.54) is 4.90 Å². The molecule has 2 aromatic heterocycles. The zero-order chi connectivity index (χ0) is 37.6. The Morgan fingerprint density at radius 2 is 1.22 bits per heavy atom. The molecule has 2 aliphatic heterocycles. The molecule has 8 rings (SSSR count). The third-order valence-electron chi connectivity index (χ3n) is 10.9. The molecule has 0 spiro atoms. The van der Waals surface area contributed by atoms with Crippen LogP contribution in [0.5, 0.6) is 0 Å². The molecule has 4 heterocycles. The maximum Gasteiger partial charge on any atom is 0.405 e. The molecule has 54 heavy (non-hydrogen) atoms. The highest BCUT2D eigenvalue weighted by atomic mass is 19.4. The van der Waals surface area contributed by atoms with E-state index in [-0.39, 0.29) is 31.3 Å². The van der Waals surface area contributed by atoms with Crippen LogP contribution in [0.25, 0.3) is 33.6 Å². The van der Waals surface area contributed by atoms with Crippen molar-refractivity contribution in [3.05, 3.63) is 108 Å². The molecular weight excluding hydrogens is 699 g/mol. The lowest BCUT2D eigenvalue weighted by atomic mass is 10.0. The molecule has 3 aliphatic rings. The van der Waals surface area contributed by atoms with Crippen molar-refractivity contribution in [2.75, 3.05) is 13.1 Å². The lowest BCUT2D eigenvalue weighted by molar-refractivity contribution is -0.199. The van der Waals surface area contributed by atoms with E-state index in [4.69, 9.17) is 0 Å². The average molecular weight is 738 g/mol. The second-order valence-corrected chi connectivity index (χ2v) is 14.2. The largest absolute Gasteiger partial charge is 0.465 e. The van der Waals surface area contributed by atoms with E-state index >= 15 is 0 Å². The van der Waals surface area contributed by atoms with Gasteiger partial charge in [-0.1, -0.05) is 78.9 Å². The Morgan fingerprint density at radius 1 is 0.741 bits per heavy atom. The molecule has 2 saturated heterocycles. The molecule has 14 heteroatoms. The SMILES string of the molecule is O=C(O)N[C@@H](C(=O)N1CCC[C@H]1c1ncc(-c2ccc(-c3ccc(-c4cnc([C@@H]5CCCN5C(=O)C5(C(F)(F)F)CC5)[nH]4)cc3)cc2)[nH]1)c1ccccc1. The molecule has 3 amide bonds. The van der Waals surface area contributed by atoms with Gasteiger partial charge in [0.2, 0.25) is 5.91 Å². The van der Waals surface area contributed by atoms with E-state index in [1.54, 1.807) is 41.6 Å². The predicted octanol–water partition coefficient (Wildman–Crippen LogP) is 7.81. The van der Waals surface area contributed by atoms with E-state index in [2.05, 4.69) is 25.3 Å². The number of aromatic nitrogens is 4. The standard InChI is InChI=1S/C40H38F3N7O4/c41-40(42,43)39(18-19-39)37(52)50-21-5-9-32(50)35-45-23-30(47-35)27-16-12-25(13-17-27)24-10-14-26(15-11-24)29-22-44-34(46-29)31-8-4-20-49(31)36(51)33(48-38(53)54)28-6-2-1-3-7-28/h1-3,6-7,10-17,22-23,31-33,48H,4-5,8-9,18-21H2,(H,44,46)(H,45,47)(H,53,54)/t31-,32-,33+/m0/s1. The Morgan fingerprint density at radius 3 is 1.70 bits per heavy atom. The highest BCUT2D eigenvalue weighted by Crippen LogP contribution is 2.59. The van der Waals surface area contributed by atoms with Crippen molar-refractivity contribution >= 4 is 17.9 Å². The van der Waals surface area contributed by atoms with Gasteiger partial charge in [0.1, 0.15) is 23.1 Å². The van der Waals surface area contributed by atoms with Gasteiger partial charge in [-0.05, 0) is 66.3 Å². The van der Waals surface area contributed by atoms with Crippen LogP contribution in [0.15, 0.2) is 91.3 Å². The number of rotatable bonds is 9. The maximum absolute atomic E-state index is 13.7. The van der Waals surface area contributed by atoms with Gasteiger partial charge >= 0.3 is 12.3 Å². The number of nitrogens with one attached hydrogen (secondary N) is 3. The quantitative estimate of drug-likeness (QED) is 0.121. The number of imidazole rings is 2. The second kappa shape index (κ2) is 13.8. The molecule has 0 bridgehead atoms. The van der Waals surface area contributed by atoms with E-state index in [0.29, 0.717) is 43.0 Å². The number of H-pyrrole nitrogens is 2. The van der Waals surface area contributed by atoms with Crippen molar-refractivity contribution in [1.29, 1.82) is 0 Å². The van der Waals surface area contributed by atoms with E-state index in [0.717, 1.165) is 40.1 Å². The van der Waals surface area contributed by atoms with Crippen LogP contribution in [0, 0.1) is 5.41 Å². The summed E-state index contributed by atoms with van der Waals surface area (Å²) in [5.41, 5.74) is 3.57. The number of carboxylic acid groups (broad SMARTS) is 1. The minimum Gasteiger partial charge on any atom is -0.465 e. The van der Waals surface area contributed by atoms with Crippen LogP contribution in [0.3, 0.4) is 0 Å².